The van der Waals surface area contributed by atoms with E-state index in [0.29, 0.717) is 0 Å². The van der Waals surface area contributed by atoms with Crippen LogP contribution in [0.15, 0.2) is 267 Å². The summed E-state index contributed by atoms with van der Waals surface area (Å²) in [6, 6.07) is 93.8. The van der Waals surface area contributed by atoms with E-state index in [0.717, 1.165) is 55.3 Å². The van der Waals surface area contributed by atoms with E-state index in [1.54, 1.807) is 0 Å². The quantitative estimate of drug-likeness (QED) is 0.0621. The maximum Gasteiger partial charge on any atom is 1.00 e. The summed E-state index contributed by atoms with van der Waals surface area (Å²) >= 11 is 0. The van der Waals surface area contributed by atoms with Crippen molar-refractivity contribution >= 4 is 80.7 Å². The molecule has 2 nitrogen and oxygen atoms in total. The van der Waals surface area contributed by atoms with E-state index >= 15 is 0 Å². The summed E-state index contributed by atoms with van der Waals surface area (Å²) in [5.41, 5.74) is 8.22. The van der Waals surface area contributed by atoms with Gasteiger partial charge in [-0.2, -0.15) is 0 Å². The van der Waals surface area contributed by atoms with Crippen molar-refractivity contribution in [2.24, 2.45) is 0 Å². The van der Waals surface area contributed by atoms with Crippen LogP contribution in [0.4, 0.5) is 0 Å². The van der Waals surface area contributed by atoms with Gasteiger partial charge >= 0.3 is 44.8 Å². The molecule has 12 aromatic rings. The maximum atomic E-state index is 7.60. The molecule has 0 saturated heterocycles. The average Bonchev–Trinajstić information content (AvgIpc) is 3.97. The van der Waals surface area contributed by atoms with Gasteiger partial charge in [0.25, 0.3) is 0 Å². The van der Waals surface area contributed by atoms with E-state index in [1.165, 1.54) is 37.9 Å². The number of benzene rings is 10. The molecule has 0 amide bonds. The molecule has 0 spiro atoms. The Morgan fingerprint density at radius 2 is 0.563 bits per heavy atom. The number of nitrogens with zero attached hydrogens (tertiary/aromatic N) is 2. The zero-order valence-electron chi connectivity index (χ0n) is 38.6. The fraction of sp³-hybridized carbons (Fsp3) is 0.0154. The fourth-order valence-electron chi connectivity index (χ4n) is 9.41. The van der Waals surface area contributed by atoms with Crippen LogP contribution in [0.1, 0.15) is 11.1 Å². The predicted octanol–water partition coefficient (Wildman–Crippen LogP) is 14.1. The second kappa shape index (κ2) is 24.4. The number of hydrogen-bond donors (Lipinski definition) is 0. The van der Waals surface area contributed by atoms with E-state index in [-0.39, 0.29) is 44.8 Å². The second-order valence-electron chi connectivity index (χ2n) is 16.6. The Kier molecular flexibility index (Phi) is 17.4. The molecule has 10 aromatic carbocycles. The Labute approximate surface area is 450 Å². The van der Waals surface area contributed by atoms with Gasteiger partial charge in [-0.3, -0.25) is 11.8 Å². The fourth-order valence-corrected chi connectivity index (χ4v) is 17.1. The van der Waals surface area contributed by atoms with Crippen molar-refractivity contribution in [3.63, 3.8) is 0 Å². The maximum absolute atomic E-state index is 7.60. The van der Waals surface area contributed by atoms with Gasteiger partial charge in [0.2, 0.25) is 0 Å². The first-order valence-electron chi connectivity index (χ1n) is 23.2. The average molecular weight is 1310 g/mol. The van der Waals surface area contributed by atoms with Gasteiger partial charge in [-0.15, -0.1) is 23.3 Å². The normalized spacial score (nSPS) is 10.6. The van der Waals surface area contributed by atoms with Crippen molar-refractivity contribution < 1.29 is 44.8 Å². The molecule has 0 N–H and O–H groups in total. The molecule has 71 heavy (non-hydrogen) atoms. The minimum absolute atomic E-state index is 0. The molecule has 0 fully saturated rings. The largest absolute Gasteiger partial charge is 1.00 e. The molecule has 12 rings (SSSR count). The van der Waals surface area contributed by atoms with Gasteiger partial charge in [0.15, 0.2) is 5.90 Å². The Morgan fingerprint density at radius 3 is 0.873 bits per heavy atom. The van der Waals surface area contributed by atoms with Crippen LogP contribution in [0.5, 0.6) is 0 Å². The number of fused-ring (bicyclic) bond motifs is 6. The molecule has 0 aliphatic carbocycles. The number of para-hydroxylation sites is 6. The van der Waals surface area contributed by atoms with Crippen molar-refractivity contribution in [1.29, 1.82) is 0 Å². The summed E-state index contributed by atoms with van der Waals surface area (Å²) in [5, 5.41) is 10.7. The molecule has 2 aromatic heterocycles. The van der Waals surface area contributed by atoms with Crippen LogP contribution in [0.2, 0.25) is 0 Å². The molecule has 0 aliphatic rings. The first-order chi connectivity index (χ1) is 34.2. The summed E-state index contributed by atoms with van der Waals surface area (Å²) < 4.78 is 4.42. The van der Waals surface area contributed by atoms with Crippen LogP contribution in [0.3, 0.4) is 0 Å². The molecular formula is C65H48Au2N2P2+2. The van der Waals surface area contributed by atoms with Gasteiger partial charge < -0.3 is 22.0 Å². The van der Waals surface area contributed by atoms with Gasteiger partial charge in [0.1, 0.15) is 37.1 Å². The third-order valence-corrected chi connectivity index (χ3v) is 19.5. The Hall–Kier alpha value is -6.74. The SMILES string of the molecule is [Au+].[Au+].[C-]#Cc1cccc2c3ccccc3n(-c3ccccc3)c12.[C-]#Cc1cccc2c3ccccc3n(-c3ccccc3)c12.c1ccc([PH+](C[PH+](c2ccccc2)c2ccccc2)c2ccccc2)cc1. The first-order valence-corrected chi connectivity index (χ1v) is 26.6. The summed E-state index contributed by atoms with van der Waals surface area (Å²) in [6.07, 6.45) is 15.2. The Morgan fingerprint density at radius 1 is 0.296 bits per heavy atom. The summed E-state index contributed by atoms with van der Waals surface area (Å²) in [6.45, 7) is 0. The zero-order chi connectivity index (χ0) is 46.8. The van der Waals surface area contributed by atoms with Gasteiger partial charge in [-0.1, -0.05) is 170 Å². The van der Waals surface area contributed by atoms with Crippen molar-refractivity contribution in [2.45, 2.75) is 0 Å². The number of hydrogen-bond acceptors (Lipinski definition) is 0. The minimum atomic E-state index is -0.847. The molecule has 0 saturated carbocycles. The van der Waals surface area contributed by atoms with Crippen LogP contribution in [0.25, 0.3) is 55.0 Å². The molecule has 0 unspecified atom stereocenters. The second-order valence-corrected chi connectivity index (χ2v) is 22.3. The first kappa shape index (κ1) is 50.6. The van der Waals surface area contributed by atoms with E-state index in [1.807, 2.05) is 60.7 Å². The Bertz CT molecular complexity index is 3390. The van der Waals surface area contributed by atoms with Crippen molar-refractivity contribution in [3.05, 3.63) is 291 Å². The van der Waals surface area contributed by atoms with Crippen LogP contribution in [0, 0.1) is 24.7 Å². The zero-order valence-corrected chi connectivity index (χ0v) is 44.9. The summed E-state index contributed by atoms with van der Waals surface area (Å²) in [7, 11) is -1.69. The third kappa shape index (κ3) is 10.9. The van der Waals surface area contributed by atoms with Crippen LogP contribution in [-0.2, 0) is 44.8 Å². The number of aromatic nitrogens is 2. The minimum Gasteiger partial charge on any atom is -0.366 e. The molecule has 0 atom stereocenters. The van der Waals surface area contributed by atoms with Crippen molar-refractivity contribution in [1.82, 2.24) is 9.13 Å². The predicted molar refractivity (Wildman–Crippen MR) is 300 cm³/mol. The third-order valence-electron chi connectivity index (χ3n) is 12.5. The smallest absolute Gasteiger partial charge is 0.366 e. The van der Waals surface area contributed by atoms with E-state index in [9.17, 15) is 0 Å². The van der Waals surface area contributed by atoms with Gasteiger partial charge in [0, 0.05) is 22.1 Å². The van der Waals surface area contributed by atoms with Crippen LogP contribution >= 0.6 is 15.8 Å². The van der Waals surface area contributed by atoms with E-state index in [2.05, 4.69) is 227 Å². The van der Waals surface area contributed by atoms with Gasteiger partial charge in [-0.05, 0) is 107 Å². The number of rotatable bonds is 8. The van der Waals surface area contributed by atoms with Crippen molar-refractivity contribution in [3.8, 4) is 23.2 Å². The summed E-state index contributed by atoms with van der Waals surface area (Å²) in [4.78, 5) is 0. The van der Waals surface area contributed by atoms with Crippen LogP contribution in [-0.4, -0.2) is 15.0 Å². The molecule has 6 heteroatoms. The monoisotopic (exact) mass is 1310 g/mol. The van der Waals surface area contributed by atoms with E-state index < -0.39 is 15.8 Å². The molecular weight excluding hydrogens is 1260 g/mol. The van der Waals surface area contributed by atoms with Crippen molar-refractivity contribution in [2.75, 3.05) is 5.90 Å². The molecule has 0 bridgehead atoms. The molecule has 348 valence electrons. The van der Waals surface area contributed by atoms with E-state index in [4.69, 9.17) is 12.8 Å². The summed E-state index contributed by atoms with van der Waals surface area (Å²) in [5.74, 6) is 6.39. The molecule has 0 radical (unpaired) electrons. The van der Waals surface area contributed by atoms with Gasteiger partial charge in [-0.25, -0.2) is 0 Å². The topological polar surface area (TPSA) is 9.86 Å². The van der Waals surface area contributed by atoms with Gasteiger partial charge in [0.05, 0.1) is 11.0 Å². The molecule has 0 aliphatic heterocycles. The Balaban J connectivity index is 0.000000142. The standard InChI is InChI=1S/C25H22P2.2C20H12N.2Au/c1-5-13-22(14-6-1)26(23-15-7-2-8-16-23)21-27(24-17-9-3-10-18-24)25-19-11-4-12-20-25;2*1-2-15-9-8-13-18-17-12-6-7-14-19(17)21(20(15)18)16-10-4-3-5-11-16;;/h1-20H,21H2;2*3-14H;;/q;2*-1;2*+1/p+2. The van der Waals surface area contributed by atoms with Crippen LogP contribution < -0.4 is 21.2 Å². The molecule has 2 heterocycles.